The minimum Gasteiger partial charge on any atom is -0.362 e. The lowest BCUT2D eigenvalue weighted by Crippen LogP contribution is -2.57. The molecule has 3 aliphatic rings. The molecule has 0 unspecified atom stereocenters. The number of nitrogens with zero attached hydrogens (tertiary/aromatic N) is 3. The lowest BCUT2D eigenvalue weighted by molar-refractivity contribution is 0.126. The van der Waals surface area contributed by atoms with Crippen LogP contribution in [0.25, 0.3) is 27.8 Å². The highest BCUT2D eigenvalue weighted by molar-refractivity contribution is 6.32. The number of aromatic amines is 1. The van der Waals surface area contributed by atoms with Crippen LogP contribution in [0.5, 0.6) is 0 Å². The van der Waals surface area contributed by atoms with Crippen molar-refractivity contribution in [3.8, 4) is 11.3 Å². The maximum atomic E-state index is 6.79. The van der Waals surface area contributed by atoms with E-state index in [9.17, 15) is 0 Å². The van der Waals surface area contributed by atoms with Crippen LogP contribution in [0.1, 0.15) is 38.5 Å². The minimum atomic E-state index is 0.0364. The third-order valence-corrected chi connectivity index (χ3v) is 7.38. The number of para-hydroxylation sites is 1. The van der Waals surface area contributed by atoms with E-state index in [2.05, 4.69) is 27.4 Å². The molecule has 7 rings (SSSR count). The van der Waals surface area contributed by atoms with Gasteiger partial charge in [-0.1, -0.05) is 29.8 Å². The summed E-state index contributed by atoms with van der Waals surface area (Å²) >= 11 is 6.79. The first-order chi connectivity index (χ1) is 14.1. The number of aromatic nitrogens is 4. The molecular formula is C22H23ClN6. The molecule has 6 nitrogen and oxygen atoms in total. The van der Waals surface area contributed by atoms with E-state index in [1.54, 1.807) is 6.20 Å². The molecule has 0 spiro atoms. The van der Waals surface area contributed by atoms with Crippen LogP contribution in [-0.4, -0.2) is 30.4 Å². The summed E-state index contributed by atoms with van der Waals surface area (Å²) in [6, 6.07) is 8.20. The Labute approximate surface area is 173 Å². The molecule has 3 aliphatic carbocycles. The monoisotopic (exact) mass is 406 g/mol. The van der Waals surface area contributed by atoms with Gasteiger partial charge in [0.2, 0.25) is 0 Å². The minimum absolute atomic E-state index is 0.0364. The zero-order valence-electron chi connectivity index (χ0n) is 16.1. The van der Waals surface area contributed by atoms with Gasteiger partial charge in [0, 0.05) is 46.1 Å². The second-order valence-corrected chi connectivity index (χ2v) is 9.09. The van der Waals surface area contributed by atoms with Gasteiger partial charge in [-0.2, -0.15) is 0 Å². The van der Waals surface area contributed by atoms with E-state index in [1.807, 2.05) is 28.9 Å². The highest BCUT2D eigenvalue weighted by Crippen LogP contribution is 2.47. The zero-order chi connectivity index (χ0) is 19.6. The van der Waals surface area contributed by atoms with Gasteiger partial charge in [0.05, 0.1) is 0 Å². The molecule has 4 N–H and O–H groups in total. The highest BCUT2D eigenvalue weighted by atomic mass is 35.5. The van der Waals surface area contributed by atoms with Crippen molar-refractivity contribution in [2.24, 2.45) is 5.73 Å². The SMILES string of the molecule is NC12CCC(Nc3nc(-c4c[nH]c5ccccc45)c(Cl)n4ccnc34)(CC1)CC2. The molecule has 3 fully saturated rings. The topological polar surface area (TPSA) is 84.0 Å². The van der Waals surface area contributed by atoms with Gasteiger partial charge in [0.1, 0.15) is 10.8 Å². The lowest BCUT2D eigenvalue weighted by atomic mass is 9.62. The molecule has 1 aromatic carbocycles. The van der Waals surface area contributed by atoms with Crippen molar-refractivity contribution in [3.05, 3.63) is 48.0 Å². The van der Waals surface area contributed by atoms with Crippen LogP contribution in [0.4, 0.5) is 5.82 Å². The quantitative estimate of drug-likeness (QED) is 0.458. The van der Waals surface area contributed by atoms with E-state index in [-0.39, 0.29) is 11.1 Å². The second-order valence-electron chi connectivity index (χ2n) is 8.74. The Morgan fingerprint density at radius 2 is 1.86 bits per heavy atom. The van der Waals surface area contributed by atoms with E-state index in [0.717, 1.165) is 72.2 Å². The molecule has 0 amide bonds. The molecule has 29 heavy (non-hydrogen) atoms. The van der Waals surface area contributed by atoms with E-state index in [1.165, 1.54) is 0 Å². The Bertz CT molecular complexity index is 1210. The van der Waals surface area contributed by atoms with Crippen LogP contribution in [0, 0.1) is 0 Å². The lowest BCUT2D eigenvalue weighted by Gasteiger charge is -2.52. The van der Waals surface area contributed by atoms with E-state index in [4.69, 9.17) is 22.3 Å². The fourth-order valence-electron chi connectivity index (χ4n) is 5.14. The van der Waals surface area contributed by atoms with Crippen LogP contribution < -0.4 is 11.1 Å². The maximum Gasteiger partial charge on any atom is 0.181 e. The van der Waals surface area contributed by atoms with Crippen molar-refractivity contribution in [2.75, 3.05) is 5.32 Å². The number of anilines is 1. The van der Waals surface area contributed by atoms with Gasteiger partial charge in [-0.3, -0.25) is 4.40 Å². The maximum absolute atomic E-state index is 6.79. The predicted molar refractivity (Wildman–Crippen MR) is 116 cm³/mol. The largest absolute Gasteiger partial charge is 0.362 e. The predicted octanol–water partition coefficient (Wildman–Crippen LogP) is 4.75. The summed E-state index contributed by atoms with van der Waals surface area (Å²) in [5.41, 5.74) is 10.2. The molecule has 0 saturated heterocycles. The number of hydrogen-bond acceptors (Lipinski definition) is 4. The van der Waals surface area contributed by atoms with Gasteiger partial charge in [0.15, 0.2) is 11.5 Å². The van der Waals surface area contributed by atoms with Gasteiger partial charge in [-0.25, -0.2) is 9.97 Å². The number of H-pyrrole nitrogens is 1. The number of nitrogens with one attached hydrogen (secondary N) is 2. The van der Waals surface area contributed by atoms with Crippen molar-refractivity contribution < 1.29 is 0 Å². The zero-order valence-corrected chi connectivity index (χ0v) is 16.8. The van der Waals surface area contributed by atoms with Gasteiger partial charge >= 0.3 is 0 Å². The van der Waals surface area contributed by atoms with E-state index in [0.29, 0.717) is 5.15 Å². The normalized spacial score (nSPS) is 26.4. The Hall–Kier alpha value is -2.57. The van der Waals surface area contributed by atoms with Gasteiger partial charge < -0.3 is 16.0 Å². The summed E-state index contributed by atoms with van der Waals surface area (Å²) in [5, 5.41) is 5.46. The molecule has 2 bridgehead atoms. The fraction of sp³-hybridized carbons (Fsp3) is 0.364. The highest BCUT2D eigenvalue weighted by Gasteiger charge is 2.47. The van der Waals surface area contributed by atoms with Crippen LogP contribution in [0.3, 0.4) is 0 Å². The molecule has 3 heterocycles. The third kappa shape index (κ3) is 2.59. The molecular weight excluding hydrogens is 384 g/mol. The number of hydrogen-bond donors (Lipinski definition) is 3. The molecule has 4 aromatic rings. The number of fused-ring (bicyclic) bond motifs is 5. The summed E-state index contributed by atoms with van der Waals surface area (Å²) < 4.78 is 1.92. The third-order valence-electron chi connectivity index (χ3n) is 7.02. The average molecular weight is 407 g/mol. The standard InChI is InChI=1S/C22H23ClN6/c23-18-17(15-13-26-16-4-2-1-3-14(15)16)27-19(20-25-11-12-29(18)20)28-22-8-5-21(24,6-9-22)7-10-22/h1-4,11-13,26H,5-10,24H2,(H,27,28). The van der Waals surface area contributed by atoms with Gasteiger partial charge in [0.25, 0.3) is 0 Å². The van der Waals surface area contributed by atoms with Crippen LogP contribution in [-0.2, 0) is 0 Å². The van der Waals surface area contributed by atoms with Gasteiger partial charge in [-0.15, -0.1) is 0 Å². The number of nitrogens with two attached hydrogens (primary N) is 1. The summed E-state index contributed by atoms with van der Waals surface area (Å²) in [6.45, 7) is 0. The first-order valence-electron chi connectivity index (χ1n) is 10.2. The van der Waals surface area contributed by atoms with Crippen molar-refractivity contribution in [3.63, 3.8) is 0 Å². The smallest absolute Gasteiger partial charge is 0.181 e. The second kappa shape index (κ2) is 5.97. The Morgan fingerprint density at radius 3 is 2.66 bits per heavy atom. The van der Waals surface area contributed by atoms with Gasteiger partial charge in [-0.05, 0) is 44.6 Å². The first-order valence-corrected chi connectivity index (χ1v) is 10.6. The molecule has 3 saturated carbocycles. The number of halogens is 1. The van der Waals surface area contributed by atoms with Crippen molar-refractivity contribution >= 4 is 34.0 Å². The molecule has 3 aromatic heterocycles. The fourth-order valence-corrected chi connectivity index (χ4v) is 5.42. The van der Waals surface area contributed by atoms with Crippen LogP contribution in [0.15, 0.2) is 42.9 Å². The Balaban J connectivity index is 1.49. The van der Waals surface area contributed by atoms with Crippen molar-refractivity contribution in [1.82, 2.24) is 19.4 Å². The van der Waals surface area contributed by atoms with E-state index < -0.39 is 0 Å². The molecule has 148 valence electrons. The number of benzene rings is 1. The molecule has 0 radical (unpaired) electrons. The van der Waals surface area contributed by atoms with Crippen LogP contribution >= 0.6 is 11.6 Å². The van der Waals surface area contributed by atoms with E-state index >= 15 is 0 Å². The molecule has 7 heteroatoms. The average Bonchev–Trinajstić information content (AvgIpc) is 3.39. The summed E-state index contributed by atoms with van der Waals surface area (Å²) in [7, 11) is 0. The Kier molecular flexibility index (Phi) is 3.56. The molecule has 0 aliphatic heterocycles. The molecule has 0 atom stereocenters. The summed E-state index contributed by atoms with van der Waals surface area (Å²) in [5.74, 6) is 0.797. The summed E-state index contributed by atoms with van der Waals surface area (Å²) in [4.78, 5) is 12.9. The van der Waals surface area contributed by atoms with Crippen molar-refractivity contribution in [1.29, 1.82) is 0 Å². The number of imidazole rings is 1. The van der Waals surface area contributed by atoms with Crippen LogP contribution in [0.2, 0.25) is 5.15 Å². The summed E-state index contributed by atoms with van der Waals surface area (Å²) in [6.07, 6.45) is 12.1. The van der Waals surface area contributed by atoms with Crippen molar-refractivity contribution in [2.45, 2.75) is 49.6 Å². The number of rotatable bonds is 3. The Morgan fingerprint density at radius 1 is 1.10 bits per heavy atom. The first kappa shape index (κ1) is 17.3.